The SMILES string of the molecule is CCCN(C)CCCCNc1c(C(C)(C)C)c(=O)c1=S.CCCN(CC)CCCCNc1c(C(C)(C)C)c(=O)c1=S.CCCN(CCC)CCCCNc1c(C(C)(C)C)c(=O)c1=S.CCN(C)CCCCN(C)c1c(C(C)(C)C)c(=O)c1=S.CCN(CC)CCCCN(C)c1c(C(C)(C)C)c(=O)c1=S.CN(C)CCCCN(C)c1c(C(C)(C)C)c(=O)c1=S. The van der Waals surface area contributed by atoms with Crippen LogP contribution in [0.15, 0.2) is 28.8 Å². The van der Waals surface area contributed by atoms with Crippen molar-refractivity contribution in [1.29, 1.82) is 0 Å². The van der Waals surface area contributed by atoms with Crippen molar-refractivity contribution in [2.75, 3.05) is 211 Å². The first kappa shape index (κ1) is 117. The van der Waals surface area contributed by atoms with E-state index >= 15 is 0 Å². The fraction of sp³-hybridized carbons (Fsp3) is 0.758. The number of nitrogens with zero attached hydrogens (tertiary/aromatic N) is 9. The van der Waals surface area contributed by atoms with Crippen molar-refractivity contribution in [1.82, 2.24) is 29.4 Å². The van der Waals surface area contributed by atoms with E-state index < -0.39 is 0 Å². The summed E-state index contributed by atoms with van der Waals surface area (Å²) in [5.41, 5.74) is 10.7. The predicted octanol–water partition coefficient (Wildman–Crippen LogP) is 21.0. The molecule has 0 aromatic heterocycles. The molecule has 0 bridgehead atoms. The second kappa shape index (κ2) is 55.6. The van der Waals surface area contributed by atoms with Crippen LogP contribution in [-0.4, -0.2) is 210 Å². The van der Waals surface area contributed by atoms with Crippen LogP contribution in [-0.2, 0) is 32.5 Å². The highest BCUT2D eigenvalue weighted by atomic mass is 32.1. The van der Waals surface area contributed by atoms with Crippen molar-refractivity contribution < 1.29 is 0 Å². The van der Waals surface area contributed by atoms with Crippen LogP contribution in [0.2, 0.25) is 0 Å². The van der Waals surface area contributed by atoms with Gasteiger partial charge in [0, 0.05) is 93.8 Å². The molecule has 0 aliphatic rings. The van der Waals surface area contributed by atoms with Gasteiger partial charge in [-0.05, 0) is 255 Å². The van der Waals surface area contributed by atoms with Crippen LogP contribution in [0.25, 0.3) is 0 Å². The van der Waals surface area contributed by atoms with Gasteiger partial charge in [-0.2, -0.15) is 0 Å². The number of hydrogen-bond acceptors (Lipinski definition) is 24. The number of nitrogens with one attached hydrogen (secondary N) is 3. The van der Waals surface area contributed by atoms with Crippen LogP contribution in [0.4, 0.5) is 34.1 Å². The van der Waals surface area contributed by atoms with E-state index in [2.05, 4.69) is 275 Å². The summed E-state index contributed by atoms with van der Waals surface area (Å²) in [6.07, 6.45) is 18.6. The third-order valence-corrected chi connectivity index (χ3v) is 25.0. The topological polar surface area (TPSA) is 168 Å². The molecule has 6 aromatic carbocycles. The lowest BCUT2D eigenvalue weighted by Crippen LogP contribution is -2.35. The highest BCUT2D eigenvalue weighted by Gasteiger charge is 2.35. The normalized spacial score (nSPS) is 12.3. The fourth-order valence-corrected chi connectivity index (χ4v) is 17.6. The second-order valence-corrected chi connectivity index (χ2v) is 42.9. The van der Waals surface area contributed by atoms with Crippen molar-refractivity contribution >= 4 is 107 Å². The third kappa shape index (κ3) is 37.5. The predicted molar refractivity (Wildman–Crippen MR) is 555 cm³/mol. The van der Waals surface area contributed by atoms with Crippen LogP contribution in [0, 0.1) is 27.1 Å². The molecule has 0 amide bonds. The molecule has 0 spiro atoms. The zero-order chi connectivity index (χ0) is 94.6. The molecule has 0 aliphatic carbocycles. The number of anilines is 6. The zero-order valence-corrected chi connectivity index (χ0v) is 88.8. The van der Waals surface area contributed by atoms with Gasteiger partial charge in [-0.1, -0.05) is 253 Å². The molecule has 0 fully saturated rings. The summed E-state index contributed by atoms with van der Waals surface area (Å²) >= 11 is 31.2. The van der Waals surface area contributed by atoms with Crippen molar-refractivity contribution in [2.45, 2.75) is 315 Å². The van der Waals surface area contributed by atoms with E-state index in [-0.39, 0.29) is 65.1 Å². The van der Waals surface area contributed by atoms with E-state index in [0.29, 0.717) is 27.1 Å². The maximum absolute atomic E-state index is 12.0. The molecule has 6 aromatic rings. The maximum Gasteiger partial charge on any atom is 0.204 e. The minimum Gasteiger partial charge on any atom is -0.383 e. The van der Waals surface area contributed by atoms with Gasteiger partial charge in [-0.25, -0.2) is 0 Å². The van der Waals surface area contributed by atoms with Gasteiger partial charge < -0.3 is 60.0 Å². The van der Waals surface area contributed by atoms with Gasteiger partial charge >= 0.3 is 0 Å². The van der Waals surface area contributed by atoms with Gasteiger partial charge in [0.05, 0.1) is 34.1 Å². The lowest BCUT2D eigenvalue weighted by Gasteiger charge is -2.31. The Morgan fingerprint density at radius 2 is 0.463 bits per heavy atom. The summed E-state index contributed by atoms with van der Waals surface area (Å²) in [6, 6.07) is 0. The van der Waals surface area contributed by atoms with Crippen molar-refractivity contribution in [3.8, 4) is 0 Å². The Bertz CT molecular complexity index is 4520. The smallest absolute Gasteiger partial charge is 0.204 e. The highest BCUT2D eigenvalue weighted by molar-refractivity contribution is 7.72. The van der Waals surface area contributed by atoms with Gasteiger partial charge in [-0.3, -0.25) is 28.8 Å². The lowest BCUT2D eigenvalue weighted by molar-refractivity contribution is 0.270. The van der Waals surface area contributed by atoms with Crippen LogP contribution in [0.1, 0.15) is 316 Å². The lowest BCUT2D eigenvalue weighted by atomic mass is 9.82. The van der Waals surface area contributed by atoms with Crippen molar-refractivity contribution in [3.63, 3.8) is 0 Å². The molecule has 702 valence electrons. The van der Waals surface area contributed by atoms with E-state index in [1.165, 1.54) is 77.4 Å². The average molecular weight is 1820 g/mol. The third-order valence-electron chi connectivity index (χ3n) is 22.7. The number of unbranched alkanes of at least 4 members (excludes halogenated alkanes) is 6. The van der Waals surface area contributed by atoms with Crippen LogP contribution < -0.4 is 63.2 Å². The summed E-state index contributed by atoms with van der Waals surface area (Å²) in [7, 11) is 14.6. The van der Waals surface area contributed by atoms with E-state index in [1.807, 2.05) is 14.1 Å². The first-order chi connectivity index (χ1) is 57.0. The molecule has 0 aliphatic heterocycles. The molecule has 24 heteroatoms. The number of rotatable bonds is 48. The average Bonchev–Trinajstić information content (AvgIpc) is 0.729. The van der Waals surface area contributed by atoms with E-state index in [0.717, 1.165) is 224 Å². The first-order valence-corrected chi connectivity index (χ1v) is 49.0. The molecule has 0 atom stereocenters. The van der Waals surface area contributed by atoms with Gasteiger partial charge in [0.25, 0.3) is 0 Å². The molecule has 3 N–H and O–H groups in total. The Morgan fingerprint density at radius 3 is 0.732 bits per heavy atom. The van der Waals surface area contributed by atoms with E-state index in [1.54, 1.807) is 0 Å². The Labute approximate surface area is 779 Å². The number of hydrogen-bond donors (Lipinski definition) is 3. The highest BCUT2D eigenvalue weighted by Crippen LogP contribution is 2.37. The molecule has 123 heavy (non-hydrogen) atoms. The summed E-state index contributed by atoms with van der Waals surface area (Å²) in [4.78, 5) is 92.2. The monoisotopic (exact) mass is 1820 g/mol. The minimum absolute atomic E-state index is 0.0534. The molecule has 0 unspecified atom stereocenters. The van der Waals surface area contributed by atoms with Crippen molar-refractivity contribution in [2.24, 2.45) is 0 Å². The molecule has 0 heterocycles. The maximum atomic E-state index is 12.0. The van der Waals surface area contributed by atoms with Crippen LogP contribution in [0.5, 0.6) is 0 Å². The second-order valence-electron chi connectivity index (χ2n) is 40.5. The summed E-state index contributed by atoms with van der Waals surface area (Å²) in [5, 5.41) is 10.1. The summed E-state index contributed by atoms with van der Waals surface area (Å²) in [5.74, 6) is 0. The molecular formula is C99H174N12O6S6. The van der Waals surface area contributed by atoms with Crippen molar-refractivity contribution in [3.05, 3.63) is 122 Å². The summed E-state index contributed by atoms with van der Waals surface area (Å²) in [6.45, 7) is 76.5. The van der Waals surface area contributed by atoms with Gasteiger partial charge in [0.15, 0.2) is 0 Å². The molecule has 0 saturated heterocycles. The van der Waals surface area contributed by atoms with Gasteiger partial charge in [0.1, 0.15) is 27.1 Å². The van der Waals surface area contributed by atoms with Crippen LogP contribution in [0.3, 0.4) is 0 Å². The Morgan fingerprint density at radius 1 is 0.236 bits per heavy atom. The minimum atomic E-state index is -0.124. The fourth-order valence-electron chi connectivity index (χ4n) is 15.6. The molecule has 0 radical (unpaired) electrons. The molecular weight excluding hydrogens is 1650 g/mol. The quantitative estimate of drug-likeness (QED) is 0.0243. The largest absolute Gasteiger partial charge is 0.383 e. The Balaban J connectivity index is 0.000000738. The van der Waals surface area contributed by atoms with Gasteiger partial charge in [-0.15, -0.1) is 0 Å². The molecule has 6 rings (SSSR count). The molecule has 0 saturated carbocycles. The van der Waals surface area contributed by atoms with Gasteiger partial charge in [0.2, 0.25) is 32.6 Å². The Hall–Kier alpha value is -4.44. The van der Waals surface area contributed by atoms with E-state index in [9.17, 15) is 28.8 Å². The zero-order valence-electron chi connectivity index (χ0n) is 83.9. The first-order valence-electron chi connectivity index (χ1n) is 46.6. The van der Waals surface area contributed by atoms with Crippen LogP contribution >= 0.6 is 73.3 Å². The molecule has 18 nitrogen and oxygen atoms in total. The standard InChI is InChI=1S/C18H32N2OS.2C17H30N2OS.2C16H28N2OS.C15H26N2OS/c1-6-11-20(12-7-2)13-9-8-10-19-15-14(18(3,4)5)16(21)17(15)22;1-7-19(8-2)12-10-9-11-18(6)14-13(17(3,4)5)15(20)16(14)21;1-6-11-19(7-2)12-9-8-10-18-14-13(17(3,4)5)15(20)16(14)21;1-7-17(5)10-8-9-11-18(6)13-12(16(2,3)4)14(19)15(13)20;1-6-10-18(5)11-8-7-9-17-13-12(16(2,3)4)14(19)15(13)20;1-15(2,3)11-12(14(19)13(11)18)17(6)10-8-7-9-16(4)5/h19H,6-13H2,1-5H3;7-12H2,1-6H3;18H,6-12H2,1-5H3;7-11H2,1-6H3;17H,6-11H2,1-5H3;7-10H2,1-6H3. The van der Waals surface area contributed by atoms with E-state index in [4.69, 9.17) is 73.3 Å². The Kier molecular flexibility index (Phi) is 52.6. The summed E-state index contributed by atoms with van der Waals surface area (Å²) < 4.78 is 3.01.